The summed E-state index contributed by atoms with van der Waals surface area (Å²) in [5.41, 5.74) is 2.83. The lowest BCUT2D eigenvalue weighted by atomic mass is 10.1. The van der Waals surface area contributed by atoms with Crippen molar-refractivity contribution in [2.75, 3.05) is 4.72 Å². The lowest BCUT2D eigenvalue weighted by molar-refractivity contribution is 0.680. The molecule has 17 heavy (non-hydrogen) atoms. The van der Waals surface area contributed by atoms with Gasteiger partial charge in [0.1, 0.15) is 11.0 Å². The van der Waals surface area contributed by atoms with Gasteiger partial charge in [-0.2, -0.15) is 0 Å². The number of benzene rings is 1. The van der Waals surface area contributed by atoms with Crippen molar-refractivity contribution >= 4 is 39.2 Å². The first-order chi connectivity index (χ1) is 8.00. The van der Waals surface area contributed by atoms with Crippen molar-refractivity contribution < 1.29 is 4.21 Å². The zero-order valence-electron chi connectivity index (χ0n) is 10.0. The molecule has 0 aliphatic carbocycles. The summed E-state index contributed by atoms with van der Waals surface area (Å²) < 4.78 is 14.8. The van der Waals surface area contributed by atoms with Crippen LogP contribution in [0.15, 0.2) is 18.3 Å². The molecule has 0 spiro atoms. The number of aryl methyl sites for hydroxylation is 1. The molecular formula is C12H15ClN2OS. The van der Waals surface area contributed by atoms with Gasteiger partial charge in [-0.05, 0) is 32.4 Å². The third-order valence-corrected chi connectivity index (χ3v) is 4.21. The number of nitrogens with one attached hydrogen (secondary N) is 2. The van der Waals surface area contributed by atoms with E-state index in [1.165, 1.54) is 0 Å². The Balaban J connectivity index is 2.49. The van der Waals surface area contributed by atoms with Gasteiger partial charge < -0.3 is 9.71 Å². The summed E-state index contributed by atoms with van der Waals surface area (Å²) in [4.78, 5) is 3.11. The summed E-state index contributed by atoms with van der Waals surface area (Å²) in [5, 5.41) is 1.74. The maximum atomic E-state index is 11.8. The highest BCUT2D eigenvalue weighted by atomic mass is 35.5. The van der Waals surface area contributed by atoms with Crippen LogP contribution in [-0.2, 0) is 11.0 Å². The fourth-order valence-electron chi connectivity index (χ4n) is 1.68. The van der Waals surface area contributed by atoms with Crippen molar-refractivity contribution in [1.29, 1.82) is 0 Å². The standard InChI is InChI=1S/C12H15ClN2OS/c1-7(2)17(16)15-10-5-4-8(3)11-9(13)6-14-12(10)11/h4-7,14-15H,1-3H3. The molecule has 1 unspecified atom stereocenters. The summed E-state index contributed by atoms with van der Waals surface area (Å²) >= 11 is 6.11. The third-order valence-electron chi connectivity index (χ3n) is 2.63. The number of aromatic amines is 1. The quantitative estimate of drug-likeness (QED) is 0.879. The lowest BCUT2D eigenvalue weighted by Crippen LogP contribution is -2.14. The highest BCUT2D eigenvalue weighted by Crippen LogP contribution is 2.31. The summed E-state index contributed by atoms with van der Waals surface area (Å²) in [6.45, 7) is 5.83. The molecule has 5 heteroatoms. The summed E-state index contributed by atoms with van der Waals surface area (Å²) in [6.07, 6.45) is 1.75. The van der Waals surface area contributed by atoms with E-state index in [1.54, 1.807) is 6.20 Å². The van der Waals surface area contributed by atoms with Crippen molar-refractivity contribution in [3.63, 3.8) is 0 Å². The number of aromatic nitrogens is 1. The molecule has 2 N–H and O–H groups in total. The molecule has 1 atom stereocenters. The highest BCUT2D eigenvalue weighted by molar-refractivity contribution is 7.86. The molecule has 0 amide bonds. The molecule has 0 aliphatic heterocycles. The number of H-pyrrole nitrogens is 1. The molecule has 2 aromatic rings. The fraction of sp³-hybridized carbons (Fsp3) is 0.333. The molecule has 1 aromatic carbocycles. The molecule has 0 radical (unpaired) electrons. The van der Waals surface area contributed by atoms with E-state index in [-0.39, 0.29) is 5.25 Å². The number of anilines is 1. The number of rotatable bonds is 3. The van der Waals surface area contributed by atoms with E-state index >= 15 is 0 Å². The second-order valence-corrected chi connectivity index (χ2v) is 6.41. The zero-order chi connectivity index (χ0) is 12.6. The third kappa shape index (κ3) is 2.33. The van der Waals surface area contributed by atoms with Gasteiger partial charge >= 0.3 is 0 Å². The minimum atomic E-state index is -1.09. The highest BCUT2D eigenvalue weighted by Gasteiger charge is 2.12. The maximum absolute atomic E-state index is 11.8. The van der Waals surface area contributed by atoms with Gasteiger partial charge in [-0.15, -0.1) is 0 Å². The fourth-order valence-corrected chi connectivity index (χ4v) is 2.60. The number of fused-ring (bicyclic) bond motifs is 1. The molecule has 92 valence electrons. The second kappa shape index (κ2) is 4.70. The van der Waals surface area contributed by atoms with Gasteiger partial charge in [-0.1, -0.05) is 17.7 Å². The maximum Gasteiger partial charge on any atom is 0.119 e. The molecule has 0 saturated heterocycles. The van der Waals surface area contributed by atoms with Gasteiger partial charge in [-0.25, -0.2) is 4.21 Å². The van der Waals surface area contributed by atoms with Gasteiger partial charge in [0.2, 0.25) is 0 Å². The van der Waals surface area contributed by atoms with Crippen LogP contribution in [-0.4, -0.2) is 14.4 Å². The van der Waals surface area contributed by atoms with E-state index in [9.17, 15) is 4.21 Å². The summed E-state index contributed by atoms with van der Waals surface area (Å²) in [7, 11) is -1.09. The van der Waals surface area contributed by atoms with Gasteiger partial charge in [-0.3, -0.25) is 0 Å². The molecule has 0 saturated carbocycles. The van der Waals surface area contributed by atoms with Gasteiger partial charge in [0.05, 0.1) is 16.2 Å². The Morgan fingerprint density at radius 2 is 2.12 bits per heavy atom. The average molecular weight is 271 g/mol. The van der Waals surface area contributed by atoms with Gasteiger partial charge in [0.25, 0.3) is 0 Å². The zero-order valence-corrected chi connectivity index (χ0v) is 11.6. The minimum Gasteiger partial charge on any atom is -0.358 e. The van der Waals surface area contributed by atoms with E-state index in [1.807, 2.05) is 32.9 Å². The van der Waals surface area contributed by atoms with Gasteiger partial charge in [0.15, 0.2) is 0 Å². The largest absolute Gasteiger partial charge is 0.358 e. The molecule has 0 fully saturated rings. The lowest BCUT2D eigenvalue weighted by Gasteiger charge is -2.10. The molecule has 0 aliphatic rings. The van der Waals surface area contributed by atoms with Crippen LogP contribution in [0.2, 0.25) is 5.02 Å². The SMILES string of the molecule is Cc1ccc(NS(=O)C(C)C)c2[nH]cc(Cl)c12. The van der Waals surface area contributed by atoms with E-state index in [0.29, 0.717) is 5.02 Å². The normalized spacial score (nSPS) is 13.2. The Labute approximate surface area is 108 Å². The predicted molar refractivity (Wildman–Crippen MR) is 74.9 cm³/mol. The monoisotopic (exact) mass is 270 g/mol. The van der Waals surface area contributed by atoms with Crippen molar-refractivity contribution in [2.24, 2.45) is 0 Å². The molecule has 0 bridgehead atoms. The first-order valence-corrected chi connectivity index (χ1v) is 7.03. The smallest absolute Gasteiger partial charge is 0.119 e. The second-order valence-electron chi connectivity index (χ2n) is 4.26. The first-order valence-electron chi connectivity index (χ1n) is 5.44. The van der Waals surface area contributed by atoms with Crippen molar-refractivity contribution in [3.8, 4) is 0 Å². The van der Waals surface area contributed by atoms with E-state index in [0.717, 1.165) is 22.2 Å². The van der Waals surface area contributed by atoms with E-state index in [4.69, 9.17) is 11.6 Å². The van der Waals surface area contributed by atoms with Crippen LogP contribution in [0.5, 0.6) is 0 Å². The van der Waals surface area contributed by atoms with Crippen LogP contribution in [0.3, 0.4) is 0 Å². The Hall–Kier alpha value is -1.00. The summed E-state index contributed by atoms with van der Waals surface area (Å²) in [6, 6.07) is 3.90. The number of halogens is 1. The van der Waals surface area contributed by atoms with Crippen molar-refractivity contribution in [2.45, 2.75) is 26.0 Å². The summed E-state index contributed by atoms with van der Waals surface area (Å²) in [5.74, 6) is 0. The van der Waals surface area contributed by atoms with Crippen LogP contribution < -0.4 is 4.72 Å². The number of hydrogen-bond acceptors (Lipinski definition) is 1. The van der Waals surface area contributed by atoms with Gasteiger partial charge in [0, 0.05) is 16.8 Å². The topological polar surface area (TPSA) is 44.9 Å². The van der Waals surface area contributed by atoms with E-state index in [2.05, 4.69) is 9.71 Å². The van der Waals surface area contributed by atoms with Crippen LogP contribution in [0.25, 0.3) is 10.9 Å². The predicted octanol–water partition coefficient (Wildman–Crippen LogP) is 3.61. The first kappa shape index (κ1) is 12.5. The minimum absolute atomic E-state index is 0.0665. The van der Waals surface area contributed by atoms with Crippen LogP contribution in [0.1, 0.15) is 19.4 Å². The Bertz CT molecular complexity index is 577. The molecular weight excluding hydrogens is 256 g/mol. The average Bonchev–Trinajstić information content (AvgIpc) is 2.65. The van der Waals surface area contributed by atoms with Crippen LogP contribution in [0, 0.1) is 6.92 Å². The molecule has 2 rings (SSSR count). The molecule has 1 aromatic heterocycles. The number of hydrogen-bond donors (Lipinski definition) is 2. The van der Waals surface area contributed by atoms with Crippen LogP contribution in [0.4, 0.5) is 5.69 Å². The van der Waals surface area contributed by atoms with Crippen molar-refractivity contribution in [3.05, 3.63) is 28.9 Å². The van der Waals surface area contributed by atoms with Crippen LogP contribution >= 0.6 is 11.6 Å². The molecule has 3 nitrogen and oxygen atoms in total. The Morgan fingerprint density at radius 1 is 1.41 bits per heavy atom. The molecule has 1 heterocycles. The van der Waals surface area contributed by atoms with Crippen molar-refractivity contribution in [1.82, 2.24) is 4.98 Å². The van der Waals surface area contributed by atoms with E-state index < -0.39 is 11.0 Å². The Kier molecular flexibility index (Phi) is 3.45. The Morgan fingerprint density at radius 3 is 2.76 bits per heavy atom.